The molecule has 0 aromatic heterocycles. The summed E-state index contributed by atoms with van der Waals surface area (Å²) in [4.78, 5) is 26.3. The number of carbonyl (C=O) groups is 2. The first-order valence-electron chi connectivity index (χ1n) is 6.97. The van der Waals surface area contributed by atoms with Crippen LogP contribution in [0.1, 0.15) is 28.8 Å². The molecule has 1 aromatic rings. The molecular formula is C15H19ClN2O3S. The van der Waals surface area contributed by atoms with Gasteiger partial charge in [-0.15, -0.1) is 0 Å². The second kappa shape index (κ2) is 6.38. The van der Waals surface area contributed by atoms with Crippen molar-refractivity contribution in [3.05, 3.63) is 34.3 Å². The maximum absolute atomic E-state index is 12.6. The Morgan fingerprint density at radius 1 is 1.36 bits per heavy atom. The number of halogens is 1. The monoisotopic (exact) mass is 342 g/mol. The molecule has 120 valence electrons. The van der Waals surface area contributed by atoms with Crippen molar-refractivity contribution in [1.29, 1.82) is 0 Å². The molecule has 7 heteroatoms. The second-order valence-corrected chi connectivity index (χ2v) is 8.70. The molecule has 0 bridgehead atoms. The molecule has 1 heterocycles. The van der Waals surface area contributed by atoms with Crippen molar-refractivity contribution in [3.63, 3.8) is 0 Å². The smallest absolute Gasteiger partial charge is 0.276 e. The van der Waals surface area contributed by atoms with E-state index < -0.39 is 21.7 Å². The molecule has 0 saturated carbocycles. The largest absolute Gasteiger partial charge is 0.326 e. The van der Waals surface area contributed by atoms with E-state index in [0.717, 1.165) is 12.0 Å². The number of amides is 2. The highest BCUT2D eigenvalue weighted by molar-refractivity contribution is 7.92. The van der Waals surface area contributed by atoms with E-state index in [1.807, 2.05) is 6.92 Å². The summed E-state index contributed by atoms with van der Waals surface area (Å²) < 4.78 is 15.4. The molecule has 2 amide bonds. The van der Waals surface area contributed by atoms with E-state index in [-0.39, 0.29) is 5.91 Å². The van der Waals surface area contributed by atoms with E-state index in [4.69, 9.17) is 11.6 Å². The summed E-state index contributed by atoms with van der Waals surface area (Å²) >= 11 is 6.13. The number of hydrogen-bond donors (Lipinski definition) is 0. The third kappa shape index (κ3) is 3.87. The van der Waals surface area contributed by atoms with Crippen molar-refractivity contribution in [3.8, 4) is 0 Å². The minimum atomic E-state index is -2.53. The predicted octanol–water partition coefficient (Wildman–Crippen LogP) is 2.51. The Morgan fingerprint density at radius 3 is 2.64 bits per heavy atom. The second-order valence-electron chi connectivity index (χ2n) is 5.75. The number of nitrogens with zero attached hydrogens (tertiary/aromatic N) is 2. The van der Waals surface area contributed by atoms with E-state index in [2.05, 4.69) is 4.36 Å². The number of aryl methyl sites for hydroxylation is 1. The number of hydrogen-bond acceptors (Lipinski definition) is 3. The lowest BCUT2D eigenvalue weighted by atomic mass is 10.1. The van der Waals surface area contributed by atoms with Gasteiger partial charge in [-0.3, -0.25) is 9.59 Å². The van der Waals surface area contributed by atoms with Gasteiger partial charge in [0.05, 0.1) is 10.6 Å². The third-order valence-electron chi connectivity index (χ3n) is 3.46. The van der Waals surface area contributed by atoms with Crippen LogP contribution in [0.25, 0.3) is 0 Å². The van der Waals surface area contributed by atoms with E-state index in [1.165, 1.54) is 17.4 Å². The highest BCUT2D eigenvalue weighted by Gasteiger charge is 2.35. The van der Waals surface area contributed by atoms with Crippen LogP contribution in [0.2, 0.25) is 5.02 Å². The molecule has 0 aliphatic carbocycles. The molecule has 1 aliphatic rings. The van der Waals surface area contributed by atoms with Crippen LogP contribution < -0.4 is 0 Å². The van der Waals surface area contributed by atoms with Crippen LogP contribution in [0.4, 0.5) is 0 Å². The average molecular weight is 343 g/mol. The van der Waals surface area contributed by atoms with Crippen LogP contribution in [-0.4, -0.2) is 46.0 Å². The van der Waals surface area contributed by atoms with E-state index >= 15 is 0 Å². The van der Waals surface area contributed by atoms with Crippen LogP contribution in [0, 0.1) is 6.92 Å². The van der Waals surface area contributed by atoms with Gasteiger partial charge in [0.1, 0.15) is 6.04 Å². The minimum absolute atomic E-state index is 0.283. The van der Waals surface area contributed by atoms with Crippen LogP contribution in [0.15, 0.2) is 22.6 Å². The zero-order chi connectivity index (χ0) is 16.5. The number of rotatable bonds is 2. The van der Waals surface area contributed by atoms with Crippen LogP contribution in [-0.2, 0) is 14.5 Å². The molecule has 1 aromatic carbocycles. The Hall–Kier alpha value is -1.40. The quantitative estimate of drug-likeness (QED) is 0.829. The van der Waals surface area contributed by atoms with Gasteiger partial charge in [-0.1, -0.05) is 17.7 Å². The lowest BCUT2D eigenvalue weighted by Gasteiger charge is -2.22. The minimum Gasteiger partial charge on any atom is -0.326 e. The summed E-state index contributed by atoms with van der Waals surface area (Å²) in [6, 6.07) is 4.54. The van der Waals surface area contributed by atoms with Gasteiger partial charge >= 0.3 is 0 Å². The van der Waals surface area contributed by atoms with Gasteiger partial charge < -0.3 is 4.90 Å². The van der Waals surface area contributed by atoms with Gasteiger partial charge in [0, 0.05) is 28.8 Å². The third-order valence-corrected chi connectivity index (χ3v) is 4.40. The first-order valence-corrected chi connectivity index (χ1v) is 9.68. The molecule has 0 unspecified atom stereocenters. The van der Waals surface area contributed by atoms with Crippen molar-refractivity contribution >= 4 is 33.1 Å². The summed E-state index contributed by atoms with van der Waals surface area (Å²) in [5.74, 6) is -0.779. The number of benzene rings is 1. The maximum Gasteiger partial charge on any atom is 0.276 e. The molecule has 0 radical (unpaired) electrons. The van der Waals surface area contributed by atoms with Crippen LogP contribution in [0.5, 0.6) is 0 Å². The van der Waals surface area contributed by atoms with Crippen molar-refractivity contribution in [2.24, 2.45) is 4.36 Å². The molecule has 1 aliphatic heterocycles. The van der Waals surface area contributed by atoms with E-state index in [0.29, 0.717) is 23.6 Å². The fraction of sp³-hybridized carbons (Fsp3) is 0.467. The number of carbonyl (C=O) groups excluding carboxylic acids is 2. The summed E-state index contributed by atoms with van der Waals surface area (Å²) in [7, 11) is -2.53. The van der Waals surface area contributed by atoms with Crippen molar-refractivity contribution in [2.75, 3.05) is 19.1 Å². The molecule has 2 rings (SSSR count). The molecule has 0 N–H and O–H groups in total. The summed E-state index contributed by atoms with van der Waals surface area (Å²) in [5, 5.41) is 0.370. The Kier molecular flexibility index (Phi) is 4.92. The Balaban J connectivity index is 2.29. The first-order chi connectivity index (χ1) is 10.2. The molecule has 22 heavy (non-hydrogen) atoms. The van der Waals surface area contributed by atoms with Gasteiger partial charge in [0.15, 0.2) is 0 Å². The van der Waals surface area contributed by atoms with Crippen LogP contribution >= 0.6 is 11.6 Å². The van der Waals surface area contributed by atoms with E-state index in [9.17, 15) is 13.8 Å². The topological polar surface area (TPSA) is 66.8 Å². The van der Waals surface area contributed by atoms with Gasteiger partial charge in [-0.05, 0) is 37.5 Å². The first kappa shape index (κ1) is 17.0. The fourth-order valence-electron chi connectivity index (χ4n) is 2.49. The van der Waals surface area contributed by atoms with Crippen LogP contribution in [0.3, 0.4) is 0 Å². The maximum atomic E-state index is 12.6. The highest BCUT2D eigenvalue weighted by Crippen LogP contribution is 2.25. The summed E-state index contributed by atoms with van der Waals surface area (Å²) in [5.41, 5.74) is 1.34. The molecule has 5 nitrogen and oxygen atoms in total. The molecule has 1 fully saturated rings. The zero-order valence-corrected chi connectivity index (χ0v) is 14.4. The summed E-state index contributed by atoms with van der Waals surface area (Å²) in [6.45, 7) is 2.36. The molecule has 0 spiro atoms. The van der Waals surface area contributed by atoms with Gasteiger partial charge in [-0.25, -0.2) is 4.21 Å². The van der Waals surface area contributed by atoms with Gasteiger partial charge in [0.2, 0.25) is 0 Å². The van der Waals surface area contributed by atoms with Crippen molar-refractivity contribution in [1.82, 2.24) is 4.90 Å². The molecule has 1 saturated heterocycles. The molecule has 1 atom stereocenters. The zero-order valence-electron chi connectivity index (χ0n) is 12.8. The van der Waals surface area contributed by atoms with E-state index in [1.54, 1.807) is 18.2 Å². The SMILES string of the molecule is Cc1ccc(C(=O)N2CCC[C@H]2C(=O)N=S(C)(C)=O)c(Cl)c1. The number of likely N-dealkylation sites (tertiary alicyclic amines) is 1. The highest BCUT2D eigenvalue weighted by atomic mass is 35.5. The Morgan fingerprint density at radius 2 is 2.05 bits per heavy atom. The average Bonchev–Trinajstić information content (AvgIpc) is 2.85. The lowest BCUT2D eigenvalue weighted by molar-refractivity contribution is -0.121. The molecular weight excluding hydrogens is 324 g/mol. The lowest BCUT2D eigenvalue weighted by Crippen LogP contribution is -2.40. The van der Waals surface area contributed by atoms with Gasteiger partial charge in [-0.2, -0.15) is 4.36 Å². The Labute approximate surface area is 135 Å². The Bertz CT molecular complexity index is 730. The predicted molar refractivity (Wildman–Crippen MR) is 87.7 cm³/mol. The normalized spacial score (nSPS) is 18.4. The van der Waals surface area contributed by atoms with Gasteiger partial charge in [0.25, 0.3) is 11.8 Å². The summed E-state index contributed by atoms with van der Waals surface area (Å²) in [6.07, 6.45) is 4.06. The van der Waals surface area contributed by atoms with Crippen molar-refractivity contribution < 1.29 is 13.8 Å². The standard InChI is InChI=1S/C15H19ClN2O3S/c1-10-6-7-11(12(16)9-10)15(20)18-8-4-5-13(18)14(19)17-22(2,3)21/h6-7,9,13H,4-5,8H2,1-3H3/t13-/m0/s1. The van der Waals surface area contributed by atoms with Crippen molar-refractivity contribution in [2.45, 2.75) is 25.8 Å². The fourth-order valence-corrected chi connectivity index (χ4v) is 3.36.